The van der Waals surface area contributed by atoms with Crippen molar-refractivity contribution >= 4 is 17.7 Å². The summed E-state index contributed by atoms with van der Waals surface area (Å²) in [5.74, 6) is -1.95. The molecule has 0 radical (unpaired) electrons. The van der Waals surface area contributed by atoms with Gasteiger partial charge in [0.1, 0.15) is 5.56 Å². The van der Waals surface area contributed by atoms with Crippen LogP contribution in [0.1, 0.15) is 71.1 Å². The molecule has 6 heteroatoms. The van der Waals surface area contributed by atoms with E-state index in [-0.39, 0.29) is 42.5 Å². The Labute approximate surface area is 123 Å². The standard InChI is InChI=1S/C15H20O6/c1-5-9-11(14(17)19-7-3)13(15(18)20-8-4)21-12(9)10(16)6-2/h5-8H2,1-4H3. The zero-order valence-corrected chi connectivity index (χ0v) is 12.8. The zero-order valence-electron chi connectivity index (χ0n) is 12.8. The quantitative estimate of drug-likeness (QED) is 0.568. The molecule has 1 heterocycles. The van der Waals surface area contributed by atoms with Crippen LogP contribution < -0.4 is 0 Å². The lowest BCUT2D eigenvalue weighted by atomic mass is 10.0. The highest BCUT2D eigenvalue weighted by Crippen LogP contribution is 2.26. The molecule has 0 saturated carbocycles. The molecule has 0 amide bonds. The average molecular weight is 296 g/mol. The number of ether oxygens (including phenoxy) is 2. The summed E-state index contributed by atoms with van der Waals surface area (Å²) in [4.78, 5) is 35.9. The molecule has 0 unspecified atom stereocenters. The number of hydrogen-bond donors (Lipinski definition) is 0. The highest BCUT2D eigenvalue weighted by molar-refractivity contribution is 6.06. The number of furan rings is 1. The van der Waals surface area contributed by atoms with Crippen molar-refractivity contribution in [1.82, 2.24) is 0 Å². The Hall–Kier alpha value is -2.11. The minimum absolute atomic E-state index is 0.00500. The third kappa shape index (κ3) is 3.51. The van der Waals surface area contributed by atoms with E-state index in [2.05, 4.69) is 0 Å². The molecular weight excluding hydrogens is 276 g/mol. The van der Waals surface area contributed by atoms with E-state index in [1.807, 2.05) is 0 Å². The van der Waals surface area contributed by atoms with Crippen LogP contribution in [-0.4, -0.2) is 30.9 Å². The number of Topliss-reactive ketones (excluding diaryl/α,β-unsaturated/α-hetero) is 1. The molecule has 0 saturated heterocycles. The summed E-state index contributed by atoms with van der Waals surface area (Å²) in [6.07, 6.45) is 0.586. The fourth-order valence-electron chi connectivity index (χ4n) is 1.95. The average Bonchev–Trinajstić information content (AvgIpc) is 2.86. The van der Waals surface area contributed by atoms with E-state index in [9.17, 15) is 14.4 Å². The van der Waals surface area contributed by atoms with E-state index in [1.54, 1.807) is 27.7 Å². The summed E-state index contributed by atoms with van der Waals surface area (Å²) in [6, 6.07) is 0. The number of esters is 2. The van der Waals surface area contributed by atoms with Gasteiger partial charge in [-0.25, -0.2) is 9.59 Å². The predicted molar refractivity (Wildman–Crippen MR) is 74.6 cm³/mol. The van der Waals surface area contributed by atoms with Crippen LogP contribution in [0.3, 0.4) is 0 Å². The Morgan fingerprint density at radius 2 is 1.48 bits per heavy atom. The smallest absolute Gasteiger partial charge is 0.375 e. The van der Waals surface area contributed by atoms with Gasteiger partial charge in [-0.2, -0.15) is 0 Å². The van der Waals surface area contributed by atoms with Gasteiger partial charge in [0.25, 0.3) is 0 Å². The fraction of sp³-hybridized carbons (Fsp3) is 0.533. The minimum Gasteiger partial charge on any atom is -0.462 e. The lowest BCUT2D eigenvalue weighted by molar-refractivity contribution is 0.0450. The van der Waals surface area contributed by atoms with Crippen molar-refractivity contribution in [2.75, 3.05) is 13.2 Å². The summed E-state index contributed by atoms with van der Waals surface area (Å²) in [7, 11) is 0. The molecule has 1 aromatic heterocycles. The molecule has 21 heavy (non-hydrogen) atoms. The number of carbonyl (C=O) groups excluding carboxylic acids is 3. The van der Waals surface area contributed by atoms with Gasteiger partial charge >= 0.3 is 11.9 Å². The Kier molecular flexibility index (Phi) is 6.14. The first kappa shape index (κ1) is 16.9. The monoisotopic (exact) mass is 296 g/mol. The molecule has 1 aromatic rings. The van der Waals surface area contributed by atoms with Crippen LogP contribution in [0.25, 0.3) is 0 Å². The van der Waals surface area contributed by atoms with Crippen LogP contribution in [-0.2, 0) is 15.9 Å². The molecule has 0 fully saturated rings. The van der Waals surface area contributed by atoms with Crippen molar-refractivity contribution in [1.29, 1.82) is 0 Å². The maximum atomic E-state index is 12.1. The molecule has 0 bridgehead atoms. The van der Waals surface area contributed by atoms with Gasteiger partial charge in [-0.05, 0) is 20.3 Å². The first-order chi connectivity index (χ1) is 10.0. The lowest BCUT2D eigenvalue weighted by Gasteiger charge is -2.04. The second-order valence-corrected chi connectivity index (χ2v) is 4.19. The van der Waals surface area contributed by atoms with E-state index < -0.39 is 11.9 Å². The number of ketones is 1. The van der Waals surface area contributed by atoms with Gasteiger partial charge in [-0.3, -0.25) is 4.79 Å². The van der Waals surface area contributed by atoms with E-state index >= 15 is 0 Å². The van der Waals surface area contributed by atoms with Gasteiger partial charge < -0.3 is 13.9 Å². The topological polar surface area (TPSA) is 82.8 Å². The molecule has 0 atom stereocenters. The molecular formula is C15H20O6. The molecule has 116 valence electrons. The summed E-state index contributed by atoms with van der Waals surface area (Å²) in [5, 5.41) is 0. The van der Waals surface area contributed by atoms with Crippen molar-refractivity contribution in [2.24, 2.45) is 0 Å². The first-order valence-electron chi connectivity index (χ1n) is 7.04. The molecule has 0 spiro atoms. The molecule has 0 N–H and O–H groups in total. The molecule has 0 aromatic carbocycles. The Morgan fingerprint density at radius 1 is 0.905 bits per heavy atom. The van der Waals surface area contributed by atoms with Crippen LogP contribution in [0, 0.1) is 0 Å². The summed E-state index contributed by atoms with van der Waals surface area (Å²) in [5.41, 5.74) is 0.387. The van der Waals surface area contributed by atoms with Gasteiger partial charge in [-0.1, -0.05) is 13.8 Å². The molecule has 6 nitrogen and oxygen atoms in total. The van der Waals surface area contributed by atoms with E-state index in [0.717, 1.165) is 0 Å². The number of carbonyl (C=O) groups is 3. The second-order valence-electron chi connectivity index (χ2n) is 4.19. The van der Waals surface area contributed by atoms with E-state index in [4.69, 9.17) is 13.9 Å². The largest absolute Gasteiger partial charge is 0.462 e. The summed E-state index contributed by atoms with van der Waals surface area (Å²) in [6.45, 7) is 7.05. The third-order valence-corrected chi connectivity index (χ3v) is 2.88. The van der Waals surface area contributed by atoms with Crippen molar-refractivity contribution in [3.8, 4) is 0 Å². The number of rotatable bonds is 7. The second kappa shape index (κ2) is 7.61. The first-order valence-corrected chi connectivity index (χ1v) is 7.04. The molecule has 1 rings (SSSR count). The Balaban J connectivity index is 3.46. The molecule has 0 aliphatic heterocycles. The van der Waals surface area contributed by atoms with E-state index in [0.29, 0.717) is 12.0 Å². The van der Waals surface area contributed by atoms with Crippen molar-refractivity contribution < 1.29 is 28.3 Å². The molecule has 0 aliphatic carbocycles. The van der Waals surface area contributed by atoms with Crippen molar-refractivity contribution in [3.05, 3.63) is 22.6 Å². The number of hydrogen-bond acceptors (Lipinski definition) is 6. The van der Waals surface area contributed by atoms with Gasteiger partial charge in [-0.15, -0.1) is 0 Å². The van der Waals surface area contributed by atoms with Crippen LogP contribution in [0.15, 0.2) is 4.42 Å². The van der Waals surface area contributed by atoms with Crippen LogP contribution >= 0.6 is 0 Å². The van der Waals surface area contributed by atoms with Crippen LogP contribution in [0.2, 0.25) is 0 Å². The van der Waals surface area contributed by atoms with Crippen molar-refractivity contribution in [2.45, 2.75) is 40.5 Å². The zero-order chi connectivity index (χ0) is 16.0. The highest BCUT2D eigenvalue weighted by Gasteiger charge is 2.32. The minimum atomic E-state index is -0.773. The predicted octanol–water partition coefficient (Wildman–Crippen LogP) is 2.79. The normalized spacial score (nSPS) is 10.3. The highest BCUT2D eigenvalue weighted by atomic mass is 16.5. The fourth-order valence-corrected chi connectivity index (χ4v) is 1.95. The van der Waals surface area contributed by atoms with Gasteiger partial charge in [0.05, 0.1) is 13.2 Å². The van der Waals surface area contributed by atoms with Crippen LogP contribution in [0.5, 0.6) is 0 Å². The SMILES string of the molecule is CCOC(=O)c1oc(C(=O)CC)c(CC)c1C(=O)OCC. The molecule has 0 aliphatic rings. The van der Waals surface area contributed by atoms with E-state index in [1.165, 1.54) is 0 Å². The Bertz CT molecular complexity index is 541. The van der Waals surface area contributed by atoms with Crippen LogP contribution in [0.4, 0.5) is 0 Å². The summed E-state index contributed by atoms with van der Waals surface area (Å²) < 4.78 is 15.2. The maximum absolute atomic E-state index is 12.1. The summed E-state index contributed by atoms with van der Waals surface area (Å²) >= 11 is 0. The lowest BCUT2D eigenvalue weighted by Crippen LogP contribution is -2.13. The Morgan fingerprint density at radius 3 is 1.95 bits per heavy atom. The third-order valence-electron chi connectivity index (χ3n) is 2.88. The van der Waals surface area contributed by atoms with Gasteiger partial charge in [0.2, 0.25) is 5.76 Å². The van der Waals surface area contributed by atoms with Gasteiger partial charge in [0.15, 0.2) is 11.5 Å². The van der Waals surface area contributed by atoms with Crippen molar-refractivity contribution in [3.63, 3.8) is 0 Å². The maximum Gasteiger partial charge on any atom is 0.375 e. The van der Waals surface area contributed by atoms with Gasteiger partial charge in [0, 0.05) is 12.0 Å².